The van der Waals surface area contributed by atoms with Crippen LogP contribution in [0.25, 0.3) is 0 Å². The summed E-state index contributed by atoms with van der Waals surface area (Å²) in [7, 11) is 3.38. The van der Waals surface area contributed by atoms with Gasteiger partial charge in [0.2, 0.25) is 0 Å². The zero-order chi connectivity index (χ0) is 16.4. The predicted molar refractivity (Wildman–Crippen MR) is 93.9 cm³/mol. The van der Waals surface area contributed by atoms with Crippen LogP contribution in [-0.2, 0) is 6.67 Å². The summed E-state index contributed by atoms with van der Waals surface area (Å²) in [5.74, 6) is 1.69. The van der Waals surface area contributed by atoms with Gasteiger partial charge in [0.15, 0.2) is 3.95 Å². The van der Waals surface area contributed by atoms with Crippen LogP contribution in [0.2, 0.25) is 0 Å². The second-order valence-corrected chi connectivity index (χ2v) is 7.43. The van der Waals surface area contributed by atoms with E-state index in [4.69, 9.17) is 21.7 Å². The van der Waals surface area contributed by atoms with Crippen molar-refractivity contribution in [3.63, 3.8) is 0 Å². The fourth-order valence-corrected chi connectivity index (χ4v) is 4.17. The van der Waals surface area contributed by atoms with Crippen molar-refractivity contribution in [3.05, 3.63) is 32.7 Å². The van der Waals surface area contributed by atoms with Crippen molar-refractivity contribution in [3.8, 4) is 11.5 Å². The van der Waals surface area contributed by atoms with Crippen LogP contribution in [0, 0.1) is 10.9 Å². The van der Waals surface area contributed by atoms with Gasteiger partial charge in [0.05, 0.1) is 20.9 Å². The fourth-order valence-electron chi connectivity index (χ4n) is 3.11. The maximum absolute atomic E-state index is 5.58. The number of aryl methyl sites for hydroxylation is 1. The van der Waals surface area contributed by atoms with Crippen LogP contribution in [0.15, 0.2) is 18.2 Å². The number of hydrogen-bond acceptors (Lipinski definition) is 6. The lowest BCUT2D eigenvalue weighted by Gasteiger charge is -2.26. The molecule has 0 N–H and O–H groups in total. The molecule has 1 atom stereocenters. The third kappa shape index (κ3) is 3.41. The first kappa shape index (κ1) is 16.4. The number of likely N-dealkylation sites (tertiary alicyclic amines) is 1. The number of aromatic nitrogens is 2. The number of rotatable bonds is 5. The first-order valence-electron chi connectivity index (χ1n) is 7.63. The molecule has 0 saturated carbocycles. The Morgan fingerprint density at radius 3 is 2.83 bits per heavy atom. The van der Waals surface area contributed by atoms with Crippen LogP contribution in [0.5, 0.6) is 11.5 Å². The van der Waals surface area contributed by atoms with Crippen LogP contribution < -0.4 is 9.47 Å². The summed E-state index contributed by atoms with van der Waals surface area (Å²) in [6.07, 6.45) is 2.27. The third-order valence-electron chi connectivity index (χ3n) is 4.19. The largest absolute Gasteiger partial charge is 0.497 e. The highest BCUT2D eigenvalue weighted by atomic mass is 32.1. The molecule has 1 aliphatic heterocycles. The van der Waals surface area contributed by atoms with E-state index < -0.39 is 0 Å². The molecular weight excluding hydrogens is 330 g/mol. The molecule has 7 heteroatoms. The average molecular weight is 351 g/mol. The number of ether oxygens (including phenoxy) is 2. The molecule has 0 unspecified atom stereocenters. The van der Waals surface area contributed by atoms with E-state index in [0.717, 1.165) is 46.5 Å². The molecule has 124 valence electrons. The Balaban J connectivity index is 1.87. The van der Waals surface area contributed by atoms with Crippen LogP contribution in [-0.4, -0.2) is 35.4 Å². The molecule has 2 heterocycles. The van der Waals surface area contributed by atoms with Gasteiger partial charge in [-0.2, -0.15) is 5.10 Å². The summed E-state index contributed by atoms with van der Waals surface area (Å²) in [5, 5.41) is 5.52. The first-order valence-corrected chi connectivity index (χ1v) is 8.85. The smallest absolute Gasteiger partial charge is 0.180 e. The molecule has 0 bridgehead atoms. The highest BCUT2D eigenvalue weighted by Gasteiger charge is 2.29. The van der Waals surface area contributed by atoms with Gasteiger partial charge in [0.1, 0.15) is 16.5 Å². The van der Waals surface area contributed by atoms with E-state index in [1.165, 1.54) is 5.56 Å². The van der Waals surface area contributed by atoms with Gasteiger partial charge < -0.3 is 9.47 Å². The minimum absolute atomic E-state index is 0.319. The zero-order valence-electron chi connectivity index (χ0n) is 13.6. The first-order chi connectivity index (χ1) is 11.1. The Kier molecular flexibility index (Phi) is 4.99. The minimum Gasteiger partial charge on any atom is -0.497 e. The van der Waals surface area contributed by atoms with E-state index in [-0.39, 0.29) is 0 Å². The Labute approximate surface area is 145 Å². The summed E-state index contributed by atoms with van der Waals surface area (Å²) in [4.78, 5) is 2.42. The highest BCUT2D eigenvalue weighted by molar-refractivity contribution is 7.73. The number of hydrogen-bond donors (Lipinski definition) is 0. The van der Waals surface area contributed by atoms with E-state index >= 15 is 0 Å². The van der Waals surface area contributed by atoms with Crippen LogP contribution in [0.3, 0.4) is 0 Å². The molecule has 0 spiro atoms. The average Bonchev–Trinajstić information content (AvgIpc) is 3.13. The van der Waals surface area contributed by atoms with Gasteiger partial charge in [-0.1, -0.05) is 17.4 Å². The molecule has 1 aromatic heterocycles. The van der Waals surface area contributed by atoms with Gasteiger partial charge >= 0.3 is 0 Å². The van der Waals surface area contributed by atoms with Gasteiger partial charge in [-0.3, -0.25) is 4.90 Å². The quantitative estimate of drug-likeness (QED) is 0.766. The van der Waals surface area contributed by atoms with Crippen molar-refractivity contribution >= 4 is 23.6 Å². The van der Waals surface area contributed by atoms with Gasteiger partial charge in [0, 0.05) is 24.2 Å². The number of methoxy groups -OCH3 is 2. The van der Waals surface area contributed by atoms with Crippen molar-refractivity contribution in [1.82, 2.24) is 14.7 Å². The second kappa shape index (κ2) is 6.98. The molecule has 1 aromatic carbocycles. The minimum atomic E-state index is 0.319. The molecule has 1 fully saturated rings. The third-order valence-corrected chi connectivity index (χ3v) is 5.41. The van der Waals surface area contributed by atoms with Crippen molar-refractivity contribution in [2.45, 2.75) is 32.5 Å². The molecule has 0 radical (unpaired) electrons. The van der Waals surface area contributed by atoms with Gasteiger partial charge in [0.25, 0.3) is 0 Å². The van der Waals surface area contributed by atoms with E-state index in [2.05, 4.69) is 16.1 Å². The standard InChI is InChI=1S/C16H21N3O2S2/c1-11-17-19(16(22)23-11)10-18-8-4-5-14(18)13-7-6-12(20-2)9-15(13)21-3/h6-7,9,14H,4-5,8,10H2,1-3H3/t14-/m1/s1. The van der Waals surface area contributed by atoms with Gasteiger partial charge in [-0.25, -0.2) is 4.68 Å². The molecule has 0 aliphatic carbocycles. The lowest BCUT2D eigenvalue weighted by Crippen LogP contribution is -2.27. The zero-order valence-corrected chi connectivity index (χ0v) is 15.2. The molecule has 1 saturated heterocycles. The maximum atomic E-state index is 5.58. The normalized spacial score (nSPS) is 18.3. The summed E-state index contributed by atoms with van der Waals surface area (Å²) in [5.41, 5.74) is 1.20. The van der Waals surface area contributed by atoms with Crippen molar-refractivity contribution in [1.29, 1.82) is 0 Å². The predicted octanol–water partition coefficient (Wildman–Crippen LogP) is 3.79. The topological polar surface area (TPSA) is 39.5 Å². The number of benzene rings is 1. The van der Waals surface area contributed by atoms with Gasteiger partial charge in [-0.15, -0.1) is 0 Å². The summed E-state index contributed by atoms with van der Waals surface area (Å²) in [6, 6.07) is 6.36. The van der Waals surface area contributed by atoms with Crippen LogP contribution >= 0.6 is 23.6 Å². The highest BCUT2D eigenvalue weighted by Crippen LogP contribution is 2.38. The Morgan fingerprint density at radius 2 is 2.17 bits per heavy atom. The maximum Gasteiger partial charge on any atom is 0.180 e. The summed E-state index contributed by atoms with van der Waals surface area (Å²) >= 11 is 6.96. The Morgan fingerprint density at radius 1 is 1.35 bits per heavy atom. The van der Waals surface area contributed by atoms with E-state index in [0.29, 0.717) is 6.04 Å². The molecule has 3 rings (SSSR count). The fraction of sp³-hybridized carbons (Fsp3) is 0.500. The molecule has 0 amide bonds. The molecule has 1 aliphatic rings. The van der Waals surface area contributed by atoms with Crippen molar-refractivity contribution < 1.29 is 9.47 Å². The van der Waals surface area contributed by atoms with E-state index in [1.807, 2.05) is 23.7 Å². The number of nitrogens with zero attached hydrogens (tertiary/aromatic N) is 3. The SMILES string of the molecule is COc1ccc([C@H]2CCCN2Cn2nc(C)sc2=S)c(OC)c1. The molecule has 2 aromatic rings. The Bertz CT molecular complexity index is 741. The molecular formula is C16H21N3O2S2. The van der Waals surface area contributed by atoms with E-state index in [9.17, 15) is 0 Å². The van der Waals surface area contributed by atoms with Crippen molar-refractivity contribution in [2.75, 3.05) is 20.8 Å². The second-order valence-electron chi connectivity index (χ2n) is 5.61. The monoisotopic (exact) mass is 351 g/mol. The lowest BCUT2D eigenvalue weighted by atomic mass is 10.0. The summed E-state index contributed by atoms with van der Waals surface area (Å²) < 4.78 is 13.6. The molecule has 23 heavy (non-hydrogen) atoms. The van der Waals surface area contributed by atoms with Crippen LogP contribution in [0.1, 0.15) is 29.5 Å². The van der Waals surface area contributed by atoms with E-state index in [1.54, 1.807) is 25.6 Å². The van der Waals surface area contributed by atoms with Crippen LogP contribution in [0.4, 0.5) is 0 Å². The van der Waals surface area contributed by atoms with Crippen molar-refractivity contribution in [2.24, 2.45) is 0 Å². The summed E-state index contributed by atoms with van der Waals surface area (Å²) in [6.45, 7) is 3.76. The lowest BCUT2D eigenvalue weighted by molar-refractivity contribution is 0.187. The Hall–Kier alpha value is -1.44. The van der Waals surface area contributed by atoms with Gasteiger partial charge in [-0.05, 0) is 38.0 Å². The molecule has 5 nitrogen and oxygen atoms in total.